The van der Waals surface area contributed by atoms with Crippen LogP contribution in [0.25, 0.3) is 28.3 Å². The highest BCUT2D eigenvalue weighted by molar-refractivity contribution is 5.80. The Morgan fingerprint density at radius 1 is 0.837 bits per heavy atom. The van der Waals surface area contributed by atoms with Crippen molar-refractivity contribution in [2.45, 2.75) is 19.5 Å². The van der Waals surface area contributed by atoms with E-state index in [9.17, 15) is 4.39 Å². The molecule has 0 saturated carbocycles. The van der Waals surface area contributed by atoms with Gasteiger partial charge in [-0.15, -0.1) is 12.8 Å². The Bertz CT molecular complexity index is 2100. The number of anilines is 1. The molecule has 1 N–H and O–H groups in total. The normalized spacial score (nSPS) is 10.6. The quantitative estimate of drug-likeness (QED) is 0.187. The van der Waals surface area contributed by atoms with E-state index in [0.717, 1.165) is 53.5 Å². The number of terminal acetylenes is 2. The Labute approximate surface area is 288 Å². The smallest absolute Gasteiger partial charge is 0.223 e. The molecule has 5 aromatic rings. The molecule has 0 saturated heterocycles. The van der Waals surface area contributed by atoms with Crippen molar-refractivity contribution in [1.82, 2.24) is 29.2 Å². The third kappa shape index (κ3) is 10.6. The van der Waals surface area contributed by atoms with Crippen molar-refractivity contribution in [3.8, 4) is 82.9 Å². The molecule has 0 fully saturated rings. The molecule has 0 aliphatic carbocycles. The summed E-state index contributed by atoms with van der Waals surface area (Å²) in [5, 5.41) is 3.42. The van der Waals surface area contributed by atoms with Gasteiger partial charge in [0.2, 0.25) is 5.95 Å². The van der Waals surface area contributed by atoms with Gasteiger partial charge in [0.25, 0.3) is 0 Å². The summed E-state index contributed by atoms with van der Waals surface area (Å²) in [6.07, 6.45) is 13.4. The van der Waals surface area contributed by atoms with Crippen molar-refractivity contribution < 1.29 is 4.39 Å². The van der Waals surface area contributed by atoms with E-state index in [0.29, 0.717) is 5.95 Å². The summed E-state index contributed by atoms with van der Waals surface area (Å²) in [5.74, 6) is 18.6. The molecule has 242 valence electrons. The Morgan fingerprint density at radius 2 is 1.51 bits per heavy atom. The number of likely N-dealkylation sites (N-methyl/N-ethyl adjacent to an activating group) is 2. The molecule has 0 radical (unpaired) electrons. The third-order valence-electron chi connectivity index (χ3n) is 7.19. The molecular weight excluding hydrogens is 609 g/mol. The van der Waals surface area contributed by atoms with Crippen molar-refractivity contribution in [3.05, 3.63) is 102 Å². The number of nitrogens with zero attached hydrogens (tertiary/aromatic N) is 6. The second-order valence-electron chi connectivity index (χ2n) is 11.2. The van der Waals surface area contributed by atoms with Gasteiger partial charge in [-0.25, -0.2) is 19.3 Å². The number of pyridine rings is 1. The van der Waals surface area contributed by atoms with Crippen molar-refractivity contribution >= 4 is 11.6 Å². The largest absolute Gasteiger partial charge is 0.348 e. The van der Waals surface area contributed by atoms with E-state index in [1.807, 2.05) is 30.5 Å². The van der Waals surface area contributed by atoms with Crippen LogP contribution in [0.1, 0.15) is 24.1 Å². The maximum atomic E-state index is 13.8. The second-order valence-corrected chi connectivity index (χ2v) is 11.2. The van der Waals surface area contributed by atoms with Gasteiger partial charge in [-0.1, -0.05) is 30.3 Å². The van der Waals surface area contributed by atoms with Crippen LogP contribution in [-0.4, -0.2) is 63.4 Å². The summed E-state index contributed by atoms with van der Waals surface area (Å²) in [7, 11) is 6.29. The number of aromatic nitrogens is 4. The van der Waals surface area contributed by atoms with E-state index in [-0.39, 0.29) is 11.9 Å². The predicted molar refractivity (Wildman–Crippen MR) is 196 cm³/mol. The van der Waals surface area contributed by atoms with Gasteiger partial charge in [0.1, 0.15) is 11.5 Å². The van der Waals surface area contributed by atoms with E-state index < -0.39 is 0 Å². The van der Waals surface area contributed by atoms with Crippen LogP contribution in [0.15, 0.2) is 85.2 Å². The number of hydrogen-bond donors (Lipinski definition) is 1. The molecular formula is C41H36FN7. The van der Waals surface area contributed by atoms with Crippen LogP contribution in [0.4, 0.5) is 10.3 Å². The first-order valence-electron chi connectivity index (χ1n) is 15.4. The minimum atomic E-state index is -0.282. The minimum Gasteiger partial charge on any atom is -0.348 e. The van der Waals surface area contributed by atoms with Crippen LogP contribution in [0.5, 0.6) is 0 Å². The number of fused-ring (bicyclic) bond motifs is 1. The monoisotopic (exact) mass is 645 g/mol. The summed E-state index contributed by atoms with van der Waals surface area (Å²) in [4.78, 5) is 18.8. The van der Waals surface area contributed by atoms with E-state index in [1.54, 1.807) is 18.3 Å². The van der Waals surface area contributed by atoms with Gasteiger partial charge in [0.15, 0.2) is 0 Å². The van der Waals surface area contributed by atoms with Gasteiger partial charge in [0.05, 0.1) is 23.1 Å². The fourth-order valence-electron chi connectivity index (χ4n) is 4.78. The lowest BCUT2D eigenvalue weighted by Crippen LogP contribution is -2.28. The van der Waals surface area contributed by atoms with Crippen LogP contribution < -0.4 is 5.32 Å². The maximum absolute atomic E-state index is 13.8. The van der Waals surface area contributed by atoms with Gasteiger partial charge in [-0.2, -0.15) is 0 Å². The molecule has 0 aliphatic heterocycles. The van der Waals surface area contributed by atoms with Crippen LogP contribution in [0.3, 0.4) is 0 Å². The van der Waals surface area contributed by atoms with E-state index in [1.165, 1.54) is 17.7 Å². The fraction of sp³-hybridized carbons (Fsp3) is 0.195. The molecule has 3 aromatic heterocycles. The SMILES string of the molecule is C#CC#CC#CC#CC#C.C[C@H](Nc1nccc(-c2c(-c3ccc(F)cc3)nc3cc(CN(C)CCN(C)C)ccn23)n1)c1ccccc1. The third-order valence-corrected chi connectivity index (χ3v) is 7.19. The Balaban J connectivity index is 0.000000471. The molecule has 0 unspecified atom stereocenters. The zero-order valence-corrected chi connectivity index (χ0v) is 28.0. The molecule has 0 amide bonds. The minimum absolute atomic E-state index is 0.0345. The molecule has 1 atom stereocenters. The Morgan fingerprint density at radius 3 is 2.16 bits per heavy atom. The van der Waals surface area contributed by atoms with Crippen LogP contribution in [0, 0.1) is 66.0 Å². The van der Waals surface area contributed by atoms with Gasteiger partial charge in [0, 0.05) is 37.6 Å². The highest BCUT2D eigenvalue weighted by atomic mass is 19.1. The molecule has 8 heteroatoms. The number of hydrogen-bond acceptors (Lipinski definition) is 6. The lowest BCUT2D eigenvalue weighted by molar-refractivity contribution is 0.276. The summed E-state index contributed by atoms with van der Waals surface area (Å²) in [5.41, 5.74) is 6.27. The molecule has 0 bridgehead atoms. The molecule has 5 rings (SSSR count). The number of rotatable bonds is 10. The topological polar surface area (TPSA) is 61.6 Å². The van der Waals surface area contributed by atoms with Crippen molar-refractivity contribution in [3.63, 3.8) is 0 Å². The van der Waals surface area contributed by atoms with Crippen LogP contribution in [-0.2, 0) is 6.54 Å². The van der Waals surface area contributed by atoms with Crippen molar-refractivity contribution in [2.24, 2.45) is 0 Å². The van der Waals surface area contributed by atoms with E-state index in [4.69, 9.17) is 22.8 Å². The summed E-state index contributed by atoms with van der Waals surface area (Å²) in [6, 6.07) is 22.8. The van der Waals surface area contributed by atoms with Crippen molar-refractivity contribution in [2.75, 3.05) is 39.5 Å². The standard InChI is InChI=1S/C31H34FN7.C10H2/c1-22(24-8-6-5-7-9-24)34-31-33-16-14-27(35-31)30-29(25-10-12-26(32)13-11-25)36-28-20-23(15-17-39(28)30)21-38(4)19-18-37(2)3;1-3-5-7-9-10-8-6-4-2/h5-17,20,22H,18-19,21H2,1-4H3,(H,33,34,35);1-2H/t22-;/m0./s1. The highest BCUT2D eigenvalue weighted by Gasteiger charge is 2.19. The van der Waals surface area contributed by atoms with Gasteiger partial charge >= 0.3 is 0 Å². The van der Waals surface area contributed by atoms with E-state index in [2.05, 4.69) is 124 Å². The maximum Gasteiger partial charge on any atom is 0.223 e. The first-order chi connectivity index (χ1) is 23.8. The Hall–Kier alpha value is -6.34. The van der Waals surface area contributed by atoms with Crippen molar-refractivity contribution in [1.29, 1.82) is 0 Å². The number of benzene rings is 2. The van der Waals surface area contributed by atoms with Gasteiger partial charge < -0.3 is 15.1 Å². The van der Waals surface area contributed by atoms with Gasteiger partial charge in [-0.3, -0.25) is 4.40 Å². The summed E-state index contributed by atoms with van der Waals surface area (Å²) >= 11 is 0. The average Bonchev–Trinajstić information content (AvgIpc) is 3.49. The lowest BCUT2D eigenvalue weighted by Gasteiger charge is -2.19. The molecule has 2 aromatic carbocycles. The first-order valence-corrected chi connectivity index (χ1v) is 15.4. The second kappa shape index (κ2) is 18.1. The fourth-order valence-corrected chi connectivity index (χ4v) is 4.78. The lowest BCUT2D eigenvalue weighted by atomic mass is 10.1. The number of imidazole rings is 1. The highest BCUT2D eigenvalue weighted by Crippen LogP contribution is 2.33. The molecule has 3 heterocycles. The van der Waals surface area contributed by atoms with Crippen LogP contribution >= 0.6 is 0 Å². The zero-order valence-electron chi connectivity index (χ0n) is 28.0. The zero-order chi connectivity index (χ0) is 35.0. The first kappa shape index (κ1) is 35.5. The predicted octanol–water partition coefficient (Wildman–Crippen LogP) is 6.03. The Kier molecular flexibility index (Phi) is 13.1. The molecule has 0 spiro atoms. The van der Waals surface area contributed by atoms with Gasteiger partial charge in [-0.05, 0) is 129 Å². The molecule has 49 heavy (non-hydrogen) atoms. The van der Waals surface area contributed by atoms with Crippen LogP contribution in [0.2, 0.25) is 0 Å². The summed E-state index contributed by atoms with van der Waals surface area (Å²) in [6.45, 7) is 4.86. The molecule has 0 aliphatic rings. The summed E-state index contributed by atoms with van der Waals surface area (Å²) < 4.78 is 15.8. The van der Waals surface area contributed by atoms with E-state index >= 15 is 0 Å². The average molecular weight is 646 g/mol. The molecule has 7 nitrogen and oxygen atoms in total. The number of halogens is 1. The number of nitrogens with one attached hydrogen (secondary N) is 1.